The lowest BCUT2D eigenvalue weighted by Crippen LogP contribution is -2.18. The van der Waals surface area contributed by atoms with Crippen LogP contribution in [0.15, 0.2) is 24.3 Å². The molecule has 0 bridgehead atoms. The van der Waals surface area contributed by atoms with Gasteiger partial charge in [-0.25, -0.2) is 4.79 Å². The van der Waals surface area contributed by atoms with Crippen molar-refractivity contribution in [3.63, 3.8) is 0 Å². The van der Waals surface area contributed by atoms with Gasteiger partial charge in [0, 0.05) is 12.1 Å². The van der Waals surface area contributed by atoms with Crippen LogP contribution in [0.2, 0.25) is 0 Å². The minimum absolute atomic E-state index is 0.0785. The van der Waals surface area contributed by atoms with Crippen LogP contribution >= 0.6 is 22.6 Å². The molecule has 0 aromatic heterocycles. The highest BCUT2D eigenvalue weighted by atomic mass is 127. The molecule has 94 valence electrons. The van der Waals surface area contributed by atoms with Crippen LogP contribution in [-0.4, -0.2) is 20.1 Å². The van der Waals surface area contributed by atoms with E-state index in [-0.39, 0.29) is 11.3 Å². The molecule has 1 aromatic carbocycles. The van der Waals surface area contributed by atoms with E-state index in [9.17, 15) is 20.0 Å². The Morgan fingerprint density at radius 2 is 2.28 bits per heavy atom. The highest BCUT2D eigenvalue weighted by Gasteiger charge is 2.22. The van der Waals surface area contributed by atoms with Crippen molar-refractivity contribution in [2.75, 3.05) is 0 Å². The van der Waals surface area contributed by atoms with Gasteiger partial charge in [0.2, 0.25) is 4.11 Å². The van der Waals surface area contributed by atoms with Gasteiger partial charge in [-0.15, -0.1) is 6.42 Å². The maximum absolute atomic E-state index is 11.5. The van der Waals surface area contributed by atoms with E-state index in [2.05, 4.69) is 5.92 Å². The first-order valence-corrected chi connectivity index (χ1v) is 5.93. The fraction of sp³-hybridized carbons (Fsp3) is 0.182. The summed E-state index contributed by atoms with van der Waals surface area (Å²) in [7, 11) is 0. The second-order valence-corrected chi connectivity index (χ2v) is 4.31. The Labute approximate surface area is 116 Å². The molecule has 1 N–H and O–H groups in total. The molecule has 0 fully saturated rings. The van der Waals surface area contributed by atoms with Gasteiger partial charge in [-0.2, -0.15) is 0 Å². The van der Waals surface area contributed by atoms with Crippen molar-refractivity contribution in [2.45, 2.75) is 10.2 Å². The summed E-state index contributed by atoms with van der Waals surface area (Å²) in [6, 6.07) is 5.11. The lowest BCUT2D eigenvalue weighted by molar-refractivity contribution is -0.385. The topological polar surface area (TPSA) is 89.7 Å². The predicted octanol–water partition coefficient (Wildman–Crippen LogP) is 1.57. The summed E-state index contributed by atoms with van der Waals surface area (Å²) in [5, 5.41) is 20.2. The fourth-order valence-corrected chi connectivity index (χ4v) is 1.40. The van der Waals surface area contributed by atoms with Crippen LogP contribution < -0.4 is 0 Å². The quantitative estimate of drug-likeness (QED) is 0.220. The second-order valence-electron chi connectivity index (χ2n) is 3.17. The number of ether oxygens (including phenoxy) is 1. The van der Waals surface area contributed by atoms with Crippen LogP contribution in [0.25, 0.3) is 0 Å². The maximum Gasteiger partial charge on any atom is 0.341 e. The number of rotatable bonds is 4. The van der Waals surface area contributed by atoms with E-state index in [0.29, 0.717) is 0 Å². The number of terminal acetylenes is 1. The molecule has 18 heavy (non-hydrogen) atoms. The zero-order chi connectivity index (χ0) is 13.7. The molecule has 0 aliphatic carbocycles. The van der Waals surface area contributed by atoms with Gasteiger partial charge in [0.05, 0.1) is 4.92 Å². The van der Waals surface area contributed by atoms with Crippen LogP contribution in [0, 0.1) is 22.5 Å². The van der Waals surface area contributed by atoms with Gasteiger partial charge >= 0.3 is 5.97 Å². The van der Waals surface area contributed by atoms with E-state index >= 15 is 0 Å². The van der Waals surface area contributed by atoms with Crippen molar-refractivity contribution in [1.29, 1.82) is 0 Å². The SMILES string of the molecule is C#CC(I)OC(=O)C(O)c1cccc([N+](=O)[O-])c1. The molecule has 0 spiro atoms. The molecule has 0 aliphatic rings. The average Bonchev–Trinajstić information content (AvgIpc) is 2.37. The first kappa shape index (κ1) is 14.4. The number of nitro benzene ring substituents is 1. The minimum Gasteiger partial charge on any atom is -0.437 e. The minimum atomic E-state index is -1.60. The Morgan fingerprint density at radius 3 is 2.83 bits per heavy atom. The lowest BCUT2D eigenvalue weighted by atomic mass is 10.1. The number of nitro groups is 1. The summed E-state index contributed by atoms with van der Waals surface area (Å²) in [6.07, 6.45) is 3.42. The molecule has 0 aliphatic heterocycles. The Hall–Kier alpha value is -1.66. The average molecular weight is 361 g/mol. The number of aliphatic hydroxyl groups is 1. The number of non-ortho nitro benzene ring substituents is 1. The third-order valence-corrected chi connectivity index (χ3v) is 2.58. The van der Waals surface area contributed by atoms with E-state index < -0.39 is 21.1 Å². The number of carbonyl (C=O) groups excluding carboxylic acids is 1. The Morgan fingerprint density at radius 1 is 1.61 bits per heavy atom. The number of nitrogens with zero attached hydrogens (tertiary/aromatic N) is 1. The van der Waals surface area contributed by atoms with Crippen molar-refractivity contribution >= 4 is 34.2 Å². The molecule has 1 rings (SSSR count). The van der Waals surface area contributed by atoms with Gasteiger partial charge in [-0.1, -0.05) is 18.1 Å². The molecule has 0 heterocycles. The second kappa shape index (κ2) is 6.32. The van der Waals surface area contributed by atoms with Crippen molar-refractivity contribution in [3.8, 4) is 12.3 Å². The van der Waals surface area contributed by atoms with E-state index in [1.807, 2.05) is 0 Å². The number of halogens is 1. The highest BCUT2D eigenvalue weighted by Crippen LogP contribution is 2.21. The summed E-state index contributed by atoms with van der Waals surface area (Å²) >= 11 is 1.69. The molecule has 2 unspecified atom stereocenters. The molecule has 6 nitrogen and oxygen atoms in total. The Kier molecular flexibility index (Phi) is 5.06. The van der Waals surface area contributed by atoms with E-state index in [1.54, 1.807) is 22.6 Å². The summed E-state index contributed by atoms with van der Waals surface area (Å²) in [4.78, 5) is 21.4. The van der Waals surface area contributed by atoms with Crippen molar-refractivity contribution < 1.29 is 19.6 Å². The zero-order valence-corrected chi connectivity index (χ0v) is 11.1. The van der Waals surface area contributed by atoms with Crippen LogP contribution in [0.1, 0.15) is 11.7 Å². The van der Waals surface area contributed by atoms with E-state index in [0.717, 1.165) is 6.07 Å². The first-order chi connectivity index (χ1) is 8.45. The highest BCUT2D eigenvalue weighted by molar-refractivity contribution is 14.1. The van der Waals surface area contributed by atoms with Crippen LogP contribution in [0.5, 0.6) is 0 Å². The number of hydrogen-bond acceptors (Lipinski definition) is 5. The summed E-state index contributed by atoms with van der Waals surface area (Å²) in [6.45, 7) is 0. The molecule has 0 saturated carbocycles. The maximum atomic E-state index is 11.5. The monoisotopic (exact) mass is 361 g/mol. The van der Waals surface area contributed by atoms with Crippen LogP contribution in [-0.2, 0) is 9.53 Å². The van der Waals surface area contributed by atoms with Crippen LogP contribution in [0.3, 0.4) is 0 Å². The molecule has 2 atom stereocenters. The third kappa shape index (κ3) is 3.68. The van der Waals surface area contributed by atoms with Crippen molar-refractivity contribution in [2.24, 2.45) is 0 Å². The van der Waals surface area contributed by atoms with Gasteiger partial charge in [-0.3, -0.25) is 10.1 Å². The van der Waals surface area contributed by atoms with Gasteiger partial charge in [0.15, 0.2) is 6.10 Å². The van der Waals surface area contributed by atoms with Gasteiger partial charge in [0.25, 0.3) is 5.69 Å². The number of aliphatic hydroxyl groups excluding tert-OH is 1. The lowest BCUT2D eigenvalue weighted by Gasteiger charge is -2.11. The summed E-state index contributed by atoms with van der Waals surface area (Å²) in [5.41, 5.74) is -0.142. The van der Waals surface area contributed by atoms with E-state index in [1.165, 1.54) is 18.2 Å². The number of carbonyl (C=O) groups is 1. The smallest absolute Gasteiger partial charge is 0.341 e. The predicted molar refractivity (Wildman–Crippen MR) is 70.8 cm³/mol. The molecular formula is C11H8INO5. The number of esters is 1. The fourth-order valence-electron chi connectivity index (χ4n) is 1.14. The van der Waals surface area contributed by atoms with Gasteiger partial charge in [-0.05, 0) is 28.2 Å². The number of hydrogen-bond donors (Lipinski definition) is 1. The van der Waals surface area contributed by atoms with E-state index in [4.69, 9.17) is 11.2 Å². The Bertz CT molecular complexity index is 510. The molecular weight excluding hydrogens is 353 g/mol. The summed E-state index contributed by atoms with van der Waals surface area (Å²) in [5.74, 6) is 1.20. The largest absolute Gasteiger partial charge is 0.437 e. The molecule has 0 saturated heterocycles. The zero-order valence-electron chi connectivity index (χ0n) is 8.95. The van der Waals surface area contributed by atoms with Crippen molar-refractivity contribution in [1.82, 2.24) is 0 Å². The first-order valence-electron chi connectivity index (χ1n) is 4.69. The number of benzene rings is 1. The van der Waals surface area contributed by atoms with Gasteiger partial charge < -0.3 is 9.84 Å². The normalized spacial score (nSPS) is 13.2. The standard InChI is InChI=1S/C11H8INO5/c1-2-9(12)18-11(15)10(14)7-4-3-5-8(6-7)13(16)17/h1,3-6,9-10,14H. The summed E-state index contributed by atoms with van der Waals surface area (Å²) < 4.78 is 3.91. The third-order valence-electron chi connectivity index (χ3n) is 1.97. The molecule has 0 amide bonds. The molecule has 0 radical (unpaired) electrons. The van der Waals surface area contributed by atoms with Crippen molar-refractivity contribution in [3.05, 3.63) is 39.9 Å². The molecule has 7 heteroatoms. The van der Waals surface area contributed by atoms with Gasteiger partial charge in [0.1, 0.15) is 0 Å². The number of alkyl halides is 1. The Balaban J connectivity index is 2.87. The van der Waals surface area contributed by atoms with Crippen LogP contribution in [0.4, 0.5) is 5.69 Å². The molecule has 1 aromatic rings.